The Morgan fingerprint density at radius 3 is 2.41 bits per heavy atom. The molecule has 172 valence electrons. The van der Waals surface area contributed by atoms with Gasteiger partial charge in [0, 0.05) is 5.56 Å². The number of aryl methyl sites for hydroxylation is 4. The molecule has 1 heterocycles. The maximum atomic E-state index is 13.0. The van der Waals surface area contributed by atoms with Crippen molar-refractivity contribution in [2.75, 3.05) is 0 Å². The number of phenolic OH excluding ortho intramolecular Hbond substituents is 1. The molecule has 34 heavy (non-hydrogen) atoms. The van der Waals surface area contributed by atoms with Crippen LogP contribution in [0.4, 0.5) is 11.4 Å². The number of aromatic hydroxyl groups is 1. The molecule has 1 aromatic heterocycles. The van der Waals surface area contributed by atoms with Crippen LogP contribution in [-0.2, 0) is 0 Å². The number of nitrogens with one attached hydrogen (secondary N) is 1. The molecule has 0 aliphatic carbocycles. The van der Waals surface area contributed by atoms with E-state index in [1.807, 2.05) is 39.0 Å². The number of phenols is 1. The highest BCUT2D eigenvalue weighted by molar-refractivity contribution is 5.90. The molecular formula is C26H24N4O4. The molecular weight excluding hydrogens is 432 g/mol. The van der Waals surface area contributed by atoms with Crippen LogP contribution in [0.3, 0.4) is 0 Å². The first-order valence-corrected chi connectivity index (χ1v) is 10.6. The first-order valence-electron chi connectivity index (χ1n) is 10.6. The van der Waals surface area contributed by atoms with Gasteiger partial charge in [-0.25, -0.2) is 9.48 Å². The smallest absolute Gasteiger partial charge is 0.335 e. The minimum absolute atomic E-state index is 0.108. The van der Waals surface area contributed by atoms with Crippen LogP contribution >= 0.6 is 0 Å². The summed E-state index contributed by atoms with van der Waals surface area (Å²) < 4.78 is 1.41. The Bertz CT molecular complexity index is 1510. The van der Waals surface area contributed by atoms with Gasteiger partial charge in [-0.05, 0) is 86.3 Å². The maximum Gasteiger partial charge on any atom is 0.335 e. The van der Waals surface area contributed by atoms with Crippen molar-refractivity contribution < 1.29 is 15.0 Å². The van der Waals surface area contributed by atoms with Crippen LogP contribution in [0.15, 0.2) is 69.6 Å². The molecule has 0 bridgehead atoms. The Labute approximate surface area is 195 Å². The fraction of sp³-hybridized carbons (Fsp3) is 0.154. The average molecular weight is 457 g/mol. The van der Waals surface area contributed by atoms with Gasteiger partial charge in [0.1, 0.15) is 5.69 Å². The summed E-state index contributed by atoms with van der Waals surface area (Å²) in [5, 5.41) is 31.5. The summed E-state index contributed by atoms with van der Waals surface area (Å²) in [5.74, 6) is -1.21. The quantitative estimate of drug-likeness (QED) is 0.325. The molecule has 0 saturated heterocycles. The highest BCUT2D eigenvalue weighted by Gasteiger charge is 2.15. The molecule has 0 aliphatic rings. The first kappa shape index (κ1) is 22.7. The van der Waals surface area contributed by atoms with E-state index in [0.29, 0.717) is 22.5 Å². The van der Waals surface area contributed by atoms with Crippen molar-refractivity contribution in [1.82, 2.24) is 9.78 Å². The van der Waals surface area contributed by atoms with Crippen LogP contribution in [0.1, 0.15) is 32.7 Å². The number of aromatic amines is 1. The summed E-state index contributed by atoms with van der Waals surface area (Å²) >= 11 is 0. The van der Waals surface area contributed by atoms with Crippen molar-refractivity contribution in [3.05, 3.63) is 92.9 Å². The average Bonchev–Trinajstić information content (AvgIpc) is 3.09. The number of benzene rings is 3. The zero-order chi connectivity index (χ0) is 24.6. The largest absolute Gasteiger partial charge is 0.505 e. The molecule has 0 unspecified atom stereocenters. The van der Waals surface area contributed by atoms with Crippen LogP contribution in [0.5, 0.6) is 5.75 Å². The summed E-state index contributed by atoms with van der Waals surface area (Å²) in [4.78, 5) is 24.3. The van der Waals surface area contributed by atoms with Crippen molar-refractivity contribution >= 4 is 17.3 Å². The molecule has 0 aliphatic heterocycles. The van der Waals surface area contributed by atoms with E-state index in [1.54, 1.807) is 31.2 Å². The van der Waals surface area contributed by atoms with Gasteiger partial charge in [-0.3, -0.25) is 9.89 Å². The molecule has 4 aromatic rings. The van der Waals surface area contributed by atoms with Gasteiger partial charge in [-0.1, -0.05) is 18.2 Å². The number of hydrogen-bond donors (Lipinski definition) is 3. The van der Waals surface area contributed by atoms with Crippen LogP contribution in [-0.4, -0.2) is 26.0 Å². The predicted molar refractivity (Wildman–Crippen MR) is 130 cm³/mol. The van der Waals surface area contributed by atoms with Gasteiger partial charge in [-0.15, -0.1) is 10.2 Å². The van der Waals surface area contributed by atoms with Gasteiger partial charge in [0.05, 0.1) is 16.9 Å². The lowest BCUT2D eigenvalue weighted by Gasteiger charge is -2.09. The fourth-order valence-electron chi connectivity index (χ4n) is 3.68. The molecule has 0 radical (unpaired) electrons. The molecule has 8 nitrogen and oxygen atoms in total. The SMILES string of the molecule is Cc1cc(N=Nc2c(C)[nH]n(-c3ccc(C)c(C)c3)c2=O)c(O)c(-c2cccc(C(=O)O)c2)c1. The van der Waals surface area contributed by atoms with Gasteiger partial charge in [0.15, 0.2) is 11.4 Å². The number of carboxylic acid groups (broad SMARTS) is 1. The van der Waals surface area contributed by atoms with Crippen molar-refractivity contribution in [3.63, 3.8) is 0 Å². The third kappa shape index (κ3) is 4.25. The molecule has 3 aromatic carbocycles. The topological polar surface area (TPSA) is 120 Å². The Kier molecular flexibility index (Phi) is 5.89. The van der Waals surface area contributed by atoms with E-state index >= 15 is 0 Å². The summed E-state index contributed by atoms with van der Waals surface area (Å²) in [6, 6.07) is 15.4. The van der Waals surface area contributed by atoms with Crippen molar-refractivity contribution in [2.24, 2.45) is 10.2 Å². The van der Waals surface area contributed by atoms with E-state index in [2.05, 4.69) is 15.3 Å². The highest BCUT2D eigenvalue weighted by Crippen LogP contribution is 2.39. The maximum absolute atomic E-state index is 13.0. The van der Waals surface area contributed by atoms with E-state index in [4.69, 9.17) is 0 Å². The number of H-pyrrole nitrogens is 1. The Balaban J connectivity index is 1.75. The number of carbonyl (C=O) groups is 1. The second-order valence-corrected chi connectivity index (χ2v) is 8.26. The molecule has 0 amide bonds. The van der Waals surface area contributed by atoms with Crippen LogP contribution in [0, 0.1) is 27.7 Å². The van der Waals surface area contributed by atoms with Crippen molar-refractivity contribution in [1.29, 1.82) is 0 Å². The van der Waals surface area contributed by atoms with Gasteiger partial charge < -0.3 is 10.2 Å². The van der Waals surface area contributed by atoms with Gasteiger partial charge in [0.2, 0.25) is 0 Å². The number of hydrogen-bond acceptors (Lipinski definition) is 5. The van der Waals surface area contributed by atoms with Crippen molar-refractivity contribution in [3.8, 4) is 22.6 Å². The Morgan fingerprint density at radius 1 is 0.941 bits per heavy atom. The minimum atomic E-state index is -1.06. The lowest BCUT2D eigenvalue weighted by molar-refractivity contribution is 0.0697. The predicted octanol–water partition coefficient (Wildman–Crippen LogP) is 5.89. The van der Waals surface area contributed by atoms with E-state index < -0.39 is 5.97 Å². The monoisotopic (exact) mass is 456 g/mol. The second-order valence-electron chi connectivity index (χ2n) is 8.26. The van der Waals surface area contributed by atoms with E-state index in [-0.39, 0.29) is 28.2 Å². The third-order valence-electron chi connectivity index (χ3n) is 5.70. The zero-order valence-electron chi connectivity index (χ0n) is 19.2. The minimum Gasteiger partial charge on any atom is -0.505 e. The standard InChI is InChI=1S/C26H24N4O4/c1-14-10-21(18-6-5-7-19(13-18)26(33)34)24(31)22(11-14)27-28-23-17(4)29-30(25(23)32)20-9-8-15(2)16(3)12-20/h5-13,29,31H,1-4H3,(H,33,34). The van der Waals surface area contributed by atoms with Gasteiger partial charge in [0.25, 0.3) is 5.56 Å². The van der Waals surface area contributed by atoms with E-state index in [1.165, 1.54) is 16.8 Å². The molecule has 0 spiro atoms. The summed E-state index contributed by atoms with van der Waals surface area (Å²) in [7, 11) is 0. The number of rotatable bonds is 5. The molecule has 0 saturated carbocycles. The number of aromatic carboxylic acids is 1. The van der Waals surface area contributed by atoms with E-state index in [9.17, 15) is 19.8 Å². The van der Waals surface area contributed by atoms with Gasteiger partial charge >= 0.3 is 5.97 Å². The second kappa shape index (κ2) is 8.82. The molecule has 0 atom stereocenters. The van der Waals surface area contributed by atoms with E-state index in [0.717, 1.165) is 16.7 Å². The number of carboxylic acids is 1. The lowest BCUT2D eigenvalue weighted by Crippen LogP contribution is -2.14. The van der Waals surface area contributed by atoms with Gasteiger partial charge in [-0.2, -0.15) is 0 Å². The third-order valence-corrected chi connectivity index (χ3v) is 5.70. The van der Waals surface area contributed by atoms with Crippen molar-refractivity contribution in [2.45, 2.75) is 27.7 Å². The normalized spacial score (nSPS) is 11.3. The van der Waals surface area contributed by atoms with Crippen LogP contribution < -0.4 is 5.56 Å². The molecule has 0 fully saturated rings. The fourth-order valence-corrected chi connectivity index (χ4v) is 3.68. The first-order chi connectivity index (χ1) is 16.2. The molecule has 3 N–H and O–H groups in total. The molecule has 4 rings (SSSR count). The van der Waals surface area contributed by atoms with Crippen LogP contribution in [0.2, 0.25) is 0 Å². The highest BCUT2D eigenvalue weighted by atomic mass is 16.4. The van der Waals surface area contributed by atoms with Crippen LogP contribution in [0.25, 0.3) is 16.8 Å². The molecule has 8 heteroatoms. The number of azo groups is 1. The number of nitrogens with zero attached hydrogens (tertiary/aromatic N) is 3. The Morgan fingerprint density at radius 2 is 1.71 bits per heavy atom. The lowest BCUT2D eigenvalue weighted by atomic mass is 9.99. The summed E-state index contributed by atoms with van der Waals surface area (Å²) in [5.41, 5.74) is 5.22. The zero-order valence-corrected chi connectivity index (χ0v) is 19.2. The summed E-state index contributed by atoms with van der Waals surface area (Å²) in [6.45, 7) is 7.54. The number of aromatic nitrogens is 2. The Hall–Kier alpha value is -4.46. The summed E-state index contributed by atoms with van der Waals surface area (Å²) in [6.07, 6.45) is 0.